The zero-order valence-electron chi connectivity index (χ0n) is 27.9. The molecule has 2 saturated heterocycles. The molecule has 1 aromatic carbocycles. The Kier molecular flexibility index (Phi) is 11.8. The molecule has 1 aromatic heterocycles. The second-order valence-corrected chi connectivity index (χ2v) is 13.4. The Hall–Kier alpha value is -3.40. The number of aromatic nitrogens is 1. The number of ether oxygens (including phenoxy) is 1. The molecule has 10 heteroatoms. The maximum atomic E-state index is 14.0. The number of fused-ring (bicyclic) bond motifs is 1. The predicted molar refractivity (Wildman–Crippen MR) is 181 cm³/mol. The summed E-state index contributed by atoms with van der Waals surface area (Å²) in [7, 11) is 0. The van der Waals surface area contributed by atoms with E-state index in [4.69, 9.17) is 15.9 Å². The average molecular weight is 635 g/mol. The number of esters is 1. The van der Waals surface area contributed by atoms with Gasteiger partial charge in [-0.25, -0.2) is 4.79 Å². The van der Waals surface area contributed by atoms with Gasteiger partial charge in [-0.1, -0.05) is 31.4 Å². The monoisotopic (exact) mass is 634 g/mol. The number of amidine groups is 1. The van der Waals surface area contributed by atoms with Gasteiger partial charge in [-0.3, -0.25) is 19.9 Å². The SMILES string of the molecule is CCOC(=O)[C@H](CCCN1CCC[C@@H]1C(=O)N1CCC[C@H]1CCc1cc2ccc(C(=N)N)cc2n1CC)NC(=O)C1CCCCC1. The van der Waals surface area contributed by atoms with Crippen LogP contribution in [0, 0.1) is 11.3 Å². The molecule has 10 nitrogen and oxygen atoms in total. The van der Waals surface area contributed by atoms with E-state index in [9.17, 15) is 14.4 Å². The van der Waals surface area contributed by atoms with Crippen LogP contribution in [0.5, 0.6) is 0 Å². The zero-order valence-corrected chi connectivity index (χ0v) is 27.9. The number of nitrogens with one attached hydrogen (secondary N) is 2. The van der Waals surface area contributed by atoms with Crippen molar-refractivity contribution in [3.05, 3.63) is 35.5 Å². The fraction of sp³-hybridized carbons (Fsp3) is 0.667. The van der Waals surface area contributed by atoms with Gasteiger partial charge in [-0.05, 0) is 109 Å². The van der Waals surface area contributed by atoms with E-state index in [1.165, 1.54) is 12.1 Å². The highest BCUT2D eigenvalue weighted by atomic mass is 16.5. The summed E-state index contributed by atoms with van der Waals surface area (Å²) < 4.78 is 7.62. The molecule has 1 saturated carbocycles. The van der Waals surface area contributed by atoms with E-state index in [1.54, 1.807) is 6.92 Å². The van der Waals surface area contributed by atoms with Gasteiger partial charge in [0.1, 0.15) is 11.9 Å². The van der Waals surface area contributed by atoms with Crippen LogP contribution >= 0.6 is 0 Å². The largest absolute Gasteiger partial charge is 0.464 e. The van der Waals surface area contributed by atoms with Crippen molar-refractivity contribution in [2.45, 2.75) is 122 Å². The van der Waals surface area contributed by atoms with Crippen LogP contribution in [-0.4, -0.2) is 82.4 Å². The van der Waals surface area contributed by atoms with Crippen molar-refractivity contribution in [1.82, 2.24) is 19.7 Å². The highest BCUT2D eigenvalue weighted by Gasteiger charge is 2.38. The topological polar surface area (TPSA) is 134 Å². The molecule has 0 bridgehead atoms. The Balaban J connectivity index is 1.16. The maximum absolute atomic E-state index is 14.0. The fourth-order valence-electron chi connectivity index (χ4n) is 8.01. The maximum Gasteiger partial charge on any atom is 0.328 e. The number of aryl methyl sites for hydroxylation is 2. The summed E-state index contributed by atoms with van der Waals surface area (Å²) in [6.07, 6.45) is 12.1. The predicted octanol–water partition coefficient (Wildman–Crippen LogP) is 4.74. The summed E-state index contributed by atoms with van der Waals surface area (Å²) in [6, 6.07) is 7.67. The minimum Gasteiger partial charge on any atom is -0.464 e. The lowest BCUT2D eigenvalue weighted by molar-refractivity contribution is -0.148. The Labute approximate surface area is 273 Å². The van der Waals surface area contributed by atoms with E-state index in [-0.39, 0.29) is 48.2 Å². The van der Waals surface area contributed by atoms with Gasteiger partial charge in [0.2, 0.25) is 11.8 Å². The zero-order chi connectivity index (χ0) is 32.6. The minimum atomic E-state index is -0.637. The van der Waals surface area contributed by atoms with Crippen molar-refractivity contribution in [1.29, 1.82) is 5.41 Å². The molecule has 252 valence electrons. The highest BCUT2D eigenvalue weighted by Crippen LogP contribution is 2.29. The number of hydrogen-bond donors (Lipinski definition) is 3. The molecule has 46 heavy (non-hydrogen) atoms. The number of rotatable bonds is 14. The van der Waals surface area contributed by atoms with Crippen molar-refractivity contribution in [2.75, 3.05) is 26.2 Å². The van der Waals surface area contributed by atoms with Crippen molar-refractivity contribution < 1.29 is 19.1 Å². The van der Waals surface area contributed by atoms with Crippen LogP contribution in [0.1, 0.15) is 102 Å². The lowest BCUT2D eigenvalue weighted by Gasteiger charge is -2.32. The molecular formula is C36H54N6O4. The molecular weight excluding hydrogens is 580 g/mol. The molecule has 5 rings (SSSR count). The minimum absolute atomic E-state index is 0.00965. The van der Waals surface area contributed by atoms with Crippen molar-refractivity contribution in [3.8, 4) is 0 Å². The van der Waals surface area contributed by atoms with Gasteiger partial charge in [0.15, 0.2) is 0 Å². The summed E-state index contributed by atoms with van der Waals surface area (Å²) in [6.45, 7) is 7.48. The van der Waals surface area contributed by atoms with Crippen LogP contribution in [0.25, 0.3) is 10.9 Å². The lowest BCUT2D eigenvalue weighted by atomic mass is 9.88. The summed E-state index contributed by atoms with van der Waals surface area (Å²) in [5.41, 5.74) is 8.85. The van der Waals surface area contributed by atoms with E-state index in [1.807, 2.05) is 18.2 Å². The number of nitrogens with zero attached hydrogens (tertiary/aromatic N) is 3. The first kappa shape index (κ1) is 33.9. The number of amides is 2. The molecule has 1 aliphatic carbocycles. The molecule has 3 fully saturated rings. The fourth-order valence-corrected chi connectivity index (χ4v) is 8.01. The van der Waals surface area contributed by atoms with Crippen LogP contribution in [0.2, 0.25) is 0 Å². The standard InChI is InChI=1S/C36H54N6O4/c1-3-41-29(23-26-16-17-27(33(37)38)24-32(26)41)19-18-28-13-8-22-42(28)35(44)31-15-10-21-40(31)20-9-14-30(36(45)46-4-2)39-34(43)25-11-6-5-7-12-25/h16-17,23-25,28,30-31H,3-15,18-22H2,1-2H3,(H3,37,38)(H,39,43)/t28-,30-,31+/m0/s1. The van der Waals surface area contributed by atoms with Gasteiger partial charge >= 0.3 is 5.97 Å². The third kappa shape index (κ3) is 7.93. The van der Waals surface area contributed by atoms with E-state index in [2.05, 4.69) is 32.7 Å². The van der Waals surface area contributed by atoms with Crippen molar-refractivity contribution in [3.63, 3.8) is 0 Å². The van der Waals surface area contributed by atoms with Crippen molar-refractivity contribution in [2.24, 2.45) is 11.7 Å². The number of hydrogen-bond acceptors (Lipinski definition) is 6. The molecule has 2 amide bonds. The van der Waals surface area contributed by atoms with Crippen LogP contribution in [0.15, 0.2) is 24.3 Å². The molecule has 0 unspecified atom stereocenters. The number of nitrogen functional groups attached to an aromatic ring is 1. The smallest absolute Gasteiger partial charge is 0.328 e. The Morgan fingerprint density at radius 1 is 1.02 bits per heavy atom. The van der Waals surface area contributed by atoms with E-state index < -0.39 is 6.04 Å². The van der Waals surface area contributed by atoms with Gasteiger partial charge in [-0.2, -0.15) is 0 Å². The van der Waals surface area contributed by atoms with Crippen LogP contribution in [0.4, 0.5) is 0 Å². The summed E-state index contributed by atoms with van der Waals surface area (Å²) in [4.78, 5) is 44.1. The van der Waals surface area contributed by atoms with Crippen LogP contribution < -0.4 is 11.1 Å². The van der Waals surface area contributed by atoms with Gasteiger partial charge < -0.3 is 25.3 Å². The van der Waals surface area contributed by atoms with Gasteiger partial charge in [-0.15, -0.1) is 0 Å². The molecule has 2 aromatic rings. The normalized spacial score (nSPS) is 21.5. The van der Waals surface area contributed by atoms with E-state index in [0.717, 1.165) is 107 Å². The van der Waals surface area contributed by atoms with E-state index >= 15 is 0 Å². The Morgan fingerprint density at radius 2 is 1.80 bits per heavy atom. The van der Waals surface area contributed by atoms with Crippen LogP contribution in [-0.2, 0) is 32.1 Å². The van der Waals surface area contributed by atoms with Crippen LogP contribution in [0.3, 0.4) is 0 Å². The van der Waals surface area contributed by atoms with Gasteiger partial charge in [0.25, 0.3) is 0 Å². The quantitative estimate of drug-likeness (QED) is 0.156. The third-order valence-electron chi connectivity index (χ3n) is 10.5. The molecule has 0 radical (unpaired) electrons. The van der Waals surface area contributed by atoms with Crippen molar-refractivity contribution >= 4 is 34.5 Å². The summed E-state index contributed by atoms with van der Waals surface area (Å²) >= 11 is 0. The van der Waals surface area contributed by atoms with Gasteiger partial charge in [0.05, 0.1) is 12.6 Å². The average Bonchev–Trinajstić information content (AvgIpc) is 3.81. The van der Waals surface area contributed by atoms with E-state index in [0.29, 0.717) is 12.8 Å². The first-order valence-electron chi connectivity index (χ1n) is 17.8. The molecule has 4 N–H and O–H groups in total. The first-order valence-corrected chi connectivity index (χ1v) is 17.8. The number of likely N-dealkylation sites (tertiary alicyclic amines) is 2. The summed E-state index contributed by atoms with van der Waals surface area (Å²) in [5.74, 6) is -0.0675. The second-order valence-electron chi connectivity index (χ2n) is 13.4. The third-order valence-corrected chi connectivity index (χ3v) is 10.5. The highest BCUT2D eigenvalue weighted by molar-refractivity contribution is 5.98. The number of carbonyl (C=O) groups is 3. The van der Waals surface area contributed by atoms with Gasteiger partial charge in [0, 0.05) is 41.8 Å². The second kappa shape index (κ2) is 15.9. The Morgan fingerprint density at radius 3 is 2.54 bits per heavy atom. The molecule has 0 spiro atoms. The number of benzene rings is 1. The molecule has 2 aliphatic heterocycles. The molecule has 3 heterocycles. The number of carbonyl (C=O) groups excluding carboxylic acids is 3. The first-order chi connectivity index (χ1) is 22.3. The molecule has 3 aliphatic rings. The number of nitrogens with two attached hydrogens (primary N) is 1. The lowest BCUT2D eigenvalue weighted by Crippen LogP contribution is -2.48. The molecule has 3 atom stereocenters. The Bertz CT molecular complexity index is 1380. The summed E-state index contributed by atoms with van der Waals surface area (Å²) in [5, 5.41) is 12.0.